The van der Waals surface area contributed by atoms with E-state index in [1.807, 2.05) is 57.2 Å². The van der Waals surface area contributed by atoms with Crippen molar-refractivity contribution in [2.45, 2.75) is 26.4 Å². The molecule has 2 N–H and O–H groups in total. The van der Waals surface area contributed by atoms with Gasteiger partial charge in [0.05, 0.1) is 5.56 Å². The molecule has 0 radical (unpaired) electrons. The van der Waals surface area contributed by atoms with Crippen LogP contribution in [0.5, 0.6) is 0 Å². The quantitative estimate of drug-likeness (QED) is 0.697. The van der Waals surface area contributed by atoms with Crippen molar-refractivity contribution in [3.05, 3.63) is 59.8 Å². The lowest BCUT2D eigenvalue weighted by Gasteiger charge is -2.19. The minimum atomic E-state index is -0.525. The molecule has 3 rings (SSSR count). The van der Waals surface area contributed by atoms with E-state index in [1.165, 1.54) is 0 Å². The van der Waals surface area contributed by atoms with Crippen LogP contribution in [0.2, 0.25) is 0 Å². The molecule has 2 aromatic carbocycles. The first-order valence-electron chi connectivity index (χ1n) is 8.46. The zero-order chi connectivity index (χ0) is 18.9. The van der Waals surface area contributed by atoms with Gasteiger partial charge in [-0.2, -0.15) is 0 Å². The monoisotopic (exact) mass is 350 g/mol. The number of aromatic nitrogens is 1. The average Bonchev–Trinajstić information content (AvgIpc) is 3.04. The molecule has 5 heteroatoms. The molecule has 3 aromatic rings. The summed E-state index contributed by atoms with van der Waals surface area (Å²) in [4.78, 5) is 27.2. The first-order chi connectivity index (χ1) is 12.3. The van der Waals surface area contributed by atoms with Gasteiger partial charge in [0.25, 0.3) is 5.91 Å². The number of H-pyrrole nitrogens is 1. The molecule has 0 unspecified atom stereocenters. The van der Waals surface area contributed by atoms with Crippen LogP contribution in [0.3, 0.4) is 0 Å². The molecule has 0 aliphatic carbocycles. The highest BCUT2D eigenvalue weighted by atomic mass is 16.6. The maximum Gasteiger partial charge on any atom is 0.338 e. The van der Waals surface area contributed by atoms with Crippen molar-refractivity contribution in [3.8, 4) is 11.1 Å². The predicted octanol–water partition coefficient (Wildman–Crippen LogP) is 4.15. The highest BCUT2D eigenvalue weighted by molar-refractivity contribution is 6.03. The molecule has 0 bridgehead atoms. The Bertz CT molecular complexity index is 963. The summed E-state index contributed by atoms with van der Waals surface area (Å²) >= 11 is 0. The van der Waals surface area contributed by atoms with Gasteiger partial charge < -0.3 is 15.0 Å². The number of amides is 1. The third kappa shape index (κ3) is 3.61. The lowest BCUT2D eigenvalue weighted by atomic mass is 10.0. The summed E-state index contributed by atoms with van der Waals surface area (Å²) in [6, 6.07) is 15.0. The van der Waals surface area contributed by atoms with Gasteiger partial charge in [-0.3, -0.25) is 4.79 Å². The molecule has 134 valence electrons. The number of carbonyl (C=O) groups excluding carboxylic acids is 2. The Kier molecular flexibility index (Phi) is 4.55. The summed E-state index contributed by atoms with van der Waals surface area (Å²) in [5.41, 5.74) is 3.34. The van der Waals surface area contributed by atoms with Gasteiger partial charge >= 0.3 is 5.97 Å². The number of hydrogen-bond acceptors (Lipinski definition) is 3. The lowest BCUT2D eigenvalue weighted by Crippen LogP contribution is -2.23. The fourth-order valence-corrected chi connectivity index (χ4v) is 2.79. The Hall–Kier alpha value is -3.08. The van der Waals surface area contributed by atoms with Gasteiger partial charge in [-0.15, -0.1) is 0 Å². The van der Waals surface area contributed by atoms with Crippen LogP contribution in [0.4, 0.5) is 0 Å². The Morgan fingerprint density at radius 1 is 1.04 bits per heavy atom. The van der Waals surface area contributed by atoms with Crippen LogP contribution < -0.4 is 5.32 Å². The molecule has 1 amide bonds. The van der Waals surface area contributed by atoms with E-state index in [1.54, 1.807) is 19.2 Å². The number of carbonyl (C=O) groups is 2. The topological polar surface area (TPSA) is 71.2 Å². The van der Waals surface area contributed by atoms with Crippen LogP contribution in [0.1, 0.15) is 41.6 Å². The van der Waals surface area contributed by atoms with Crippen molar-refractivity contribution in [3.63, 3.8) is 0 Å². The van der Waals surface area contributed by atoms with Gasteiger partial charge in [-0.05, 0) is 56.2 Å². The van der Waals surface area contributed by atoms with Crippen LogP contribution in [0.25, 0.3) is 22.0 Å². The van der Waals surface area contributed by atoms with Crippen LogP contribution in [-0.2, 0) is 4.74 Å². The maximum atomic E-state index is 12.2. The molecule has 1 heterocycles. The number of hydrogen-bond donors (Lipinski definition) is 2. The molecule has 0 aliphatic heterocycles. The second kappa shape index (κ2) is 6.67. The number of fused-ring (bicyclic) bond motifs is 1. The molecule has 1 aromatic heterocycles. The number of benzene rings is 2. The van der Waals surface area contributed by atoms with Crippen molar-refractivity contribution in [2.75, 3.05) is 7.05 Å². The molecule has 0 spiro atoms. The van der Waals surface area contributed by atoms with Crippen LogP contribution >= 0.6 is 0 Å². The molecule has 26 heavy (non-hydrogen) atoms. The highest BCUT2D eigenvalue weighted by Gasteiger charge is 2.18. The van der Waals surface area contributed by atoms with Crippen molar-refractivity contribution < 1.29 is 14.3 Å². The van der Waals surface area contributed by atoms with E-state index in [0.29, 0.717) is 11.3 Å². The summed E-state index contributed by atoms with van der Waals surface area (Å²) < 4.78 is 5.39. The fourth-order valence-electron chi connectivity index (χ4n) is 2.79. The number of ether oxygens (including phenoxy) is 1. The lowest BCUT2D eigenvalue weighted by molar-refractivity contribution is 0.00694. The highest BCUT2D eigenvalue weighted by Crippen LogP contribution is 2.29. The third-order valence-corrected chi connectivity index (χ3v) is 3.97. The predicted molar refractivity (Wildman–Crippen MR) is 102 cm³/mol. The first-order valence-corrected chi connectivity index (χ1v) is 8.46. The Labute approximate surface area is 152 Å². The minimum absolute atomic E-state index is 0.160. The second-order valence-electron chi connectivity index (χ2n) is 7.11. The largest absolute Gasteiger partial charge is 0.456 e. The summed E-state index contributed by atoms with van der Waals surface area (Å²) in [6.07, 6.45) is 0. The zero-order valence-corrected chi connectivity index (χ0v) is 15.3. The van der Waals surface area contributed by atoms with E-state index in [-0.39, 0.29) is 11.9 Å². The molecule has 0 atom stereocenters. The van der Waals surface area contributed by atoms with Gasteiger partial charge in [0.15, 0.2) is 0 Å². The van der Waals surface area contributed by atoms with E-state index in [2.05, 4.69) is 10.3 Å². The zero-order valence-electron chi connectivity index (χ0n) is 15.3. The minimum Gasteiger partial charge on any atom is -0.456 e. The third-order valence-electron chi connectivity index (χ3n) is 3.97. The Morgan fingerprint density at radius 2 is 1.73 bits per heavy atom. The van der Waals surface area contributed by atoms with Crippen molar-refractivity contribution in [1.29, 1.82) is 0 Å². The smallest absolute Gasteiger partial charge is 0.338 e. The average molecular weight is 350 g/mol. The number of aromatic amines is 1. The van der Waals surface area contributed by atoms with Crippen LogP contribution in [0.15, 0.2) is 48.5 Å². The van der Waals surface area contributed by atoms with E-state index >= 15 is 0 Å². The van der Waals surface area contributed by atoms with E-state index in [9.17, 15) is 9.59 Å². The van der Waals surface area contributed by atoms with Crippen LogP contribution in [-0.4, -0.2) is 29.5 Å². The molecular formula is C21H22N2O3. The SMILES string of the molecule is CNC(=O)c1cc2c(-c3ccc(C(=O)OC(C)(C)C)cc3)cccc2[nH]1. The number of nitrogens with one attached hydrogen (secondary N) is 2. The van der Waals surface area contributed by atoms with Crippen molar-refractivity contribution in [2.24, 2.45) is 0 Å². The van der Waals surface area contributed by atoms with Gasteiger partial charge in [0, 0.05) is 18.0 Å². The molecular weight excluding hydrogens is 328 g/mol. The molecule has 0 saturated heterocycles. The molecule has 0 fully saturated rings. The summed E-state index contributed by atoms with van der Waals surface area (Å²) in [5, 5.41) is 3.57. The molecule has 5 nitrogen and oxygen atoms in total. The Balaban J connectivity index is 1.95. The normalized spacial score (nSPS) is 11.4. The van der Waals surface area contributed by atoms with Crippen molar-refractivity contribution in [1.82, 2.24) is 10.3 Å². The fraction of sp³-hybridized carbons (Fsp3) is 0.238. The summed E-state index contributed by atoms with van der Waals surface area (Å²) in [7, 11) is 1.60. The van der Waals surface area contributed by atoms with E-state index in [0.717, 1.165) is 22.0 Å². The first kappa shape index (κ1) is 17.7. The number of rotatable bonds is 3. The number of esters is 1. The summed E-state index contributed by atoms with van der Waals surface area (Å²) in [6.45, 7) is 5.53. The summed E-state index contributed by atoms with van der Waals surface area (Å²) in [5.74, 6) is -0.502. The second-order valence-corrected chi connectivity index (χ2v) is 7.11. The van der Waals surface area contributed by atoms with E-state index < -0.39 is 5.60 Å². The standard InChI is InChI=1S/C21H22N2O3/c1-21(2,3)26-20(25)14-10-8-13(9-11-14)15-6-5-7-17-16(15)12-18(23-17)19(24)22-4/h5-12,23H,1-4H3,(H,22,24). The van der Waals surface area contributed by atoms with Gasteiger partial charge in [0.2, 0.25) is 0 Å². The van der Waals surface area contributed by atoms with Crippen molar-refractivity contribution >= 4 is 22.8 Å². The maximum absolute atomic E-state index is 12.2. The van der Waals surface area contributed by atoms with Gasteiger partial charge in [-0.1, -0.05) is 24.3 Å². The molecule has 0 aliphatic rings. The van der Waals surface area contributed by atoms with Gasteiger partial charge in [-0.25, -0.2) is 4.79 Å². The molecule has 0 saturated carbocycles. The van der Waals surface area contributed by atoms with Gasteiger partial charge in [0.1, 0.15) is 11.3 Å². The Morgan fingerprint density at radius 3 is 2.35 bits per heavy atom. The van der Waals surface area contributed by atoms with E-state index in [4.69, 9.17) is 4.74 Å². The van der Waals surface area contributed by atoms with Crippen LogP contribution in [0, 0.1) is 0 Å².